The van der Waals surface area contributed by atoms with Gasteiger partial charge in [-0.2, -0.15) is 0 Å². The highest BCUT2D eigenvalue weighted by molar-refractivity contribution is 7.22. The van der Waals surface area contributed by atoms with Crippen molar-refractivity contribution in [2.45, 2.75) is 13.0 Å². The largest absolute Gasteiger partial charge is 0.507 e. The van der Waals surface area contributed by atoms with Gasteiger partial charge in [0.05, 0.1) is 53.7 Å². The van der Waals surface area contributed by atoms with E-state index in [9.17, 15) is 14.7 Å². The van der Waals surface area contributed by atoms with E-state index in [2.05, 4.69) is 4.98 Å². The number of hydrogen-bond donors (Lipinski definition) is 1. The molecule has 3 aromatic carbocycles. The van der Waals surface area contributed by atoms with Crippen LogP contribution in [-0.2, 0) is 9.59 Å². The summed E-state index contributed by atoms with van der Waals surface area (Å²) in [5.41, 5.74) is 2.31. The number of carbonyl (C=O) groups is 2. The molecule has 1 fully saturated rings. The zero-order valence-electron chi connectivity index (χ0n) is 20.9. The number of aliphatic hydroxyl groups is 1. The van der Waals surface area contributed by atoms with E-state index in [4.69, 9.17) is 25.8 Å². The Balaban J connectivity index is 1.77. The summed E-state index contributed by atoms with van der Waals surface area (Å²) in [6.07, 6.45) is 0. The van der Waals surface area contributed by atoms with Gasteiger partial charge in [-0.25, -0.2) is 4.98 Å². The molecule has 1 aliphatic rings. The number of aromatic nitrogens is 1. The van der Waals surface area contributed by atoms with E-state index >= 15 is 0 Å². The van der Waals surface area contributed by atoms with Gasteiger partial charge in [0.1, 0.15) is 23.0 Å². The van der Waals surface area contributed by atoms with Crippen molar-refractivity contribution < 1.29 is 28.9 Å². The lowest BCUT2D eigenvalue weighted by Crippen LogP contribution is -2.29. The Morgan fingerprint density at radius 2 is 1.76 bits per heavy atom. The lowest BCUT2D eigenvalue weighted by molar-refractivity contribution is -0.132. The molecule has 1 amide bonds. The highest BCUT2D eigenvalue weighted by Crippen LogP contribution is 2.46. The molecule has 194 valence electrons. The number of amides is 1. The summed E-state index contributed by atoms with van der Waals surface area (Å²) in [7, 11) is 4.39. The summed E-state index contributed by atoms with van der Waals surface area (Å²) in [6, 6.07) is 14.7. The maximum atomic E-state index is 13.6. The molecule has 8 nitrogen and oxygen atoms in total. The Hall–Kier alpha value is -4.08. The van der Waals surface area contributed by atoms with Gasteiger partial charge in [-0.1, -0.05) is 41.1 Å². The third-order valence-corrected chi connectivity index (χ3v) is 7.63. The molecule has 10 heteroatoms. The van der Waals surface area contributed by atoms with Gasteiger partial charge in [-0.3, -0.25) is 14.5 Å². The third-order valence-electron chi connectivity index (χ3n) is 6.32. The second kappa shape index (κ2) is 10.00. The summed E-state index contributed by atoms with van der Waals surface area (Å²) >= 11 is 7.64. The fourth-order valence-corrected chi connectivity index (χ4v) is 5.80. The van der Waals surface area contributed by atoms with Crippen LogP contribution in [0.25, 0.3) is 16.0 Å². The van der Waals surface area contributed by atoms with Gasteiger partial charge in [-0.05, 0) is 48.4 Å². The topological polar surface area (TPSA) is 98.2 Å². The number of aliphatic hydroxyl groups excluding tert-OH is 1. The number of hydrogen-bond acceptors (Lipinski definition) is 8. The molecular weight excluding hydrogens is 528 g/mol. The first-order chi connectivity index (χ1) is 18.3. The predicted octanol–water partition coefficient (Wildman–Crippen LogP) is 5.91. The van der Waals surface area contributed by atoms with Crippen LogP contribution < -0.4 is 19.1 Å². The standard InChI is InChI=1S/C28H23ClN2O6S/c1-14-8-9-19-22(10-14)38-28(30-19)31-24(15-6-5-7-16(11-15)35-2)23(26(33)27(31)34)25(32)17-12-18(29)21(37-4)13-20(17)36-3/h5-13,24,32H,1-4H3/b25-23+. The van der Waals surface area contributed by atoms with Gasteiger partial charge in [0.2, 0.25) is 0 Å². The number of Topliss-reactive ketones (excluding diaryl/α,β-unsaturated/α-hetero) is 1. The van der Waals surface area contributed by atoms with E-state index in [1.54, 1.807) is 24.3 Å². The molecule has 1 atom stereocenters. The van der Waals surface area contributed by atoms with E-state index in [1.807, 2.05) is 25.1 Å². The van der Waals surface area contributed by atoms with Gasteiger partial charge in [0.25, 0.3) is 5.78 Å². The zero-order chi connectivity index (χ0) is 27.1. The molecule has 2 heterocycles. The van der Waals surface area contributed by atoms with E-state index in [0.717, 1.165) is 10.3 Å². The fourth-order valence-electron chi connectivity index (χ4n) is 4.47. The van der Waals surface area contributed by atoms with Gasteiger partial charge in [0, 0.05) is 6.07 Å². The predicted molar refractivity (Wildman–Crippen MR) is 147 cm³/mol. The van der Waals surface area contributed by atoms with Crippen molar-refractivity contribution in [3.05, 3.63) is 81.9 Å². The van der Waals surface area contributed by atoms with E-state index in [1.165, 1.54) is 49.7 Å². The number of carbonyl (C=O) groups excluding carboxylic acids is 2. The molecular formula is C28H23ClN2O6S. The average Bonchev–Trinajstić information content (AvgIpc) is 3.45. The monoisotopic (exact) mass is 550 g/mol. The summed E-state index contributed by atoms with van der Waals surface area (Å²) < 4.78 is 17.0. The van der Waals surface area contributed by atoms with Crippen LogP contribution in [0.2, 0.25) is 5.02 Å². The Morgan fingerprint density at radius 3 is 2.47 bits per heavy atom. The maximum absolute atomic E-state index is 13.6. The smallest absolute Gasteiger partial charge is 0.301 e. The molecule has 5 rings (SSSR count). The SMILES string of the molecule is COc1cccc(C2/C(=C(\O)c3cc(Cl)c(OC)cc3OC)C(=O)C(=O)N2c2nc3ccc(C)cc3s2)c1. The molecule has 0 radical (unpaired) electrons. The molecule has 1 aromatic heterocycles. The molecule has 1 aliphatic heterocycles. The maximum Gasteiger partial charge on any atom is 0.301 e. The Kier molecular flexibility index (Phi) is 6.73. The molecule has 0 aliphatic carbocycles. The molecule has 4 aromatic rings. The zero-order valence-corrected chi connectivity index (χ0v) is 22.5. The number of halogens is 1. The summed E-state index contributed by atoms with van der Waals surface area (Å²) in [5, 5.41) is 12.1. The second-order valence-corrected chi connectivity index (χ2v) is 10.0. The van der Waals surface area contributed by atoms with E-state index in [0.29, 0.717) is 27.7 Å². The van der Waals surface area contributed by atoms with E-state index < -0.39 is 23.5 Å². The highest BCUT2D eigenvalue weighted by atomic mass is 35.5. The number of fused-ring (bicyclic) bond motifs is 1. The van der Waals surface area contributed by atoms with Crippen molar-refractivity contribution >= 4 is 55.7 Å². The minimum absolute atomic E-state index is 0.127. The fraction of sp³-hybridized carbons (Fsp3) is 0.179. The Bertz CT molecular complexity index is 1630. The van der Waals surface area contributed by atoms with Crippen LogP contribution in [-0.4, -0.2) is 43.1 Å². The number of nitrogens with zero attached hydrogens (tertiary/aromatic N) is 2. The number of methoxy groups -OCH3 is 3. The minimum Gasteiger partial charge on any atom is -0.507 e. The number of ether oxygens (including phenoxy) is 3. The first-order valence-corrected chi connectivity index (χ1v) is 12.7. The van der Waals surface area contributed by atoms with Gasteiger partial charge in [0.15, 0.2) is 5.13 Å². The van der Waals surface area contributed by atoms with E-state index in [-0.39, 0.29) is 21.9 Å². The van der Waals surface area contributed by atoms with Crippen LogP contribution in [0.15, 0.2) is 60.2 Å². The second-order valence-electron chi connectivity index (χ2n) is 8.60. The number of anilines is 1. The summed E-state index contributed by atoms with van der Waals surface area (Å²) in [6.45, 7) is 1.97. The normalized spacial score (nSPS) is 16.8. The van der Waals surface area contributed by atoms with Gasteiger partial charge >= 0.3 is 5.91 Å². The first-order valence-electron chi connectivity index (χ1n) is 11.5. The molecule has 1 N–H and O–H groups in total. The van der Waals surface area contributed by atoms with Gasteiger partial charge in [-0.15, -0.1) is 0 Å². The van der Waals surface area contributed by atoms with Crippen molar-refractivity contribution in [2.24, 2.45) is 0 Å². The first kappa shape index (κ1) is 25.6. The van der Waals surface area contributed by atoms with Crippen LogP contribution in [0.4, 0.5) is 5.13 Å². The molecule has 1 saturated heterocycles. The number of rotatable bonds is 6. The average molecular weight is 551 g/mol. The van der Waals surface area contributed by atoms with Crippen LogP contribution in [0.3, 0.4) is 0 Å². The molecule has 1 unspecified atom stereocenters. The molecule has 38 heavy (non-hydrogen) atoms. The number of ketones is 1. The van der Waals surface area contributed by atoms with Crippen molar-refractivity contribution in [2.75, 3.05) is 26.2 Å². The lowest BCUT2D eigenvalue weighted by atomic mass is 9.95. The quantitative estimate of drug-likeness (QED) is 0.181. The van der Waals surface area contributed by atoms with Crippen molar-refractivity contribution in [1.29, 1.82) is 0 Å². The van der Waals surface area contributed by atoms with Crippen LogP contribution in [0.1, 0.15) is 22.7 Å². The highest BCUT2D eigenvalue weighted by Gasteiger charge is 2.48. The lowest BCUT2D eigenvalue weighted by Gasteiger charge is -2.23. The molecule has 0 spiro atoms. The summed E-state index contributed by atoms with van der Waals surface area (Å²) in [5.74, 6) is -1.03. The summed E-state index contributed by atoms with van der Waals surface area (Å²) in [4.78, 5) is 33.1. The number of benzene rings is 3. The third kappa shape index (κ3) is 4.23. The van der Waals surface area contributed by atoms with Crippen molar-refractivity contribution in [3.8, 4) is 17.2 Å². The number of aryl methyl sites for hydroxylation is 1. The van der Waals surface area contributed by atoms with Gasteiger partial charge < -0.3 is 19.3 Å². The Morgan fingerprint density at radius 1 is 1.00 bits per heavy atom. The van der Waals surface area contributed by atoms with Crippen LogP contribution in [0, 0.1) is 6.92 Å². The van der Waals surface area contributed by atoms with Crippen molar-refractivity contribution in [1.82, 2.24) is 4.98 Å². The Labute approximate surface area is 227 Å². The molecule has 0 bridgehead atoms. The van der Waals surface area contributed by atoms with Crippen molar-refractivity contribution in [3.63, 3.8) is 0 Å². The number of thiazole rings is 1. The van der Waals surface area contributed by atoms with Crippen LogP contribution >= 0.6 is 22.9 Å². The molecule has 0 saturated carbocycles. The minimum atomic E-state index is -0.989. The van der Waals surface area contributed by atoms with Crippen LogP contribution in [0.5, 0.6) is 17.2 Å².